The van der Waals surface area contributed by atoms with Crippen molar-refractivity contribution in [3.8, 4) is 0 Å². The van der Waals surface area contributed by atoms with Crippen LogP contribution in [0.1, 0.15) is 38.3 Å². The van der Waals surface area contributed by atoms with Crippen molar-refractivity contribution in [3.63, 3.8) is 0 Å². The summed E-state index contributed by atoms with van der Waals surface area (Å²) in [7, 11) is 0. The van der Waals surface area contributed by atoms with Crippen molar-refractivity contribution in [1.82, 2.24) is 15.2 Å². The van der Waals surface area contributed by atoms with Gasteiger partial charge in [0, 0.05) is 12.7 Å². The van der Waals surface area contributed by atoms with Crippen molar-refractivity contribution in [2.24, 2.45) is 5.92 Å². The number of piperidine rings is 1. The molecular formula is C16H27N3. The smallest absolute Gasteiger partial charge is 0.0543 e. The predicted molar refractivity (Wildman–Crippen MR) is 80.0 cm³/mol. The molecule has 3 nitrogen and oxygen atoms in total. The lowest BCUT2D eigenvalue weighted by atomic mass is 9.93. The molecule has 0 radical (unpaired) electrons. The van der Waals surface area contributed by atoms with E-state index in [4.69, 9.17) is 0 Å². The van der Waals surface area contributed by atoms with Crippen LogP contribution in [0.25, 0.3) is 0 Å². The van der Waals surface area contributed by atoms with E-state index in [1.54, 1.807) is 0 Å². The fourth-order valence-electron chi connectivity index (χ4n) is 2.84. The molecule has 1 aromatic rings. The van der Waals surface area contributed by atoms with Gasteiger partial charge in [0.1, 0.15) is 0 Å². The Balaban J connectivity index is 1.67. The minimum atomic E-state index is 0.954. The molecule has 0 saturated carbocycles. The number of nitrogens with one attached hydrogen (secondary N) is 1. The van der Waals surface area contributed by atoms with Crippen molar-refractivity contribution in [1.29, 1.82) is 0 Å². The van der Waals surface area contributed by atoms with Gasteiger partial charge in [-0.15, -0.1) is 0 Å². The van der Waals surface area contributed by atoms with Crippen LogP contribution in [0.4, 0.5) is 0 Å². The maximum atomic E-state index is 4.41. The minimum Gasteiger partial charge on any atom is -0.317 e. The van der Waals surface area contributed by atoms with Gasteiger partial charge in [-0.1, -0.05) is 13.0 Å². The minimum absolute atomic E-state index is 0.954. The molecule has 2 rings (SSSR count). The third-order valence-corrected chi connectivity index (χ3v) is 4.10. The number of hydrogen-bond donors (Lipinski definition) is 1. The van der Waals surface area contributed by atoms with E-state index in [1.165, 1.54) is 51.0 Å². The van der Waals surface area contributed by atoms with Gasteiger partial charge in [0.25, 0.3) is 0 Å². The van der Waals surface area contributed by atoms with Gasteiger partial charge in [0.15, 0.2) is 0 Å². The molecule has 0 aliphatic carbocycles. The predicted octanol–water partition coefficient (Wildman–Crippen LogP) is 2.68. The average Bonchev–Trinajstić information content (AvgIpc) is 2.48. The lowest BCUT2D eigenvalue weighted by Crippen LogP contribution is -2.29. The Hall–Kier alpha value is -0.930. The van der Waals surface area contributed by atoms with Crippen LogP contribution < -0.4 is 5.32 Å². The van der Waals surface area contributed by atoms with Crippen LogP contribution in [-0.4, -0.2) is 36.1 Å². The first-order valence-electron chi connectivity index (χ1n) is 7.71. The van der Waals surface area contributed by atoms with Gasteiger partial charge in [0.05, 0.1) is 5.69 Å². The van der Waals surface area contributed by atoms with Crippen molar-refractivity contribution in [2.45, 2.75) is 39.2 Å². The summed E-state index contributed by atoms with van der Waals surface area (Å²) in [5, 5.41) is 3.44. The highest BCUT2D eigenvalue weighted by molar-refractivity contribution is 5.03. The Morgan fingerprint density at radius 2 is 2.16 bits per heavy atom. The van der Waals surface area contributed by atoms with Gasteiger partial charge in [-0.3, -0.25) is 9.88 Å². The molecular weight excluding hydrogens is 234 g/mol. The van der Waals surface area contributed by atoms with Crippen LogP contribution in [0, 0.1) is 5.92 Å². The highest BCUT2D eigenvalue weighted by atomic mass is 15.1. The van der Waals surface area contributed by atoms with Crippen LogP contribution in [0.5, 0.6) is 0 Å². The molecule has 19 heavy (non-hydrogen) atoms. The lowest BCUT2D eigenvalue weighted by molar-refractivity contribution is 0.253. The maximum absolute atomic E-state index is 4.41. The van der Waals surface area contributed by atoms with Crippen LogP contribution in [-0.2, 0) is 6.54 Å². The summed E-state index contributed by atoms with van der Waals surface area (Å²) in [5.74, 6) is 0.954. The fourth-order valence-corrected chi connectivity index (χ4v) is 2.84. The van der Waals surface area contributed by atoms with Crippen LogP contribution >= 0.6 is 0 Å². The first-order valence-corrected chi connectivity index (χ1v) is 7.71. The highest BCUT2D eigenvalue weighted by Gasteiger charge is 2.13. The molecule has 1 saturated heterocycles. The van der Waals surface area contributed by atoms with Gasteiger partial charge in [-0.2, -0.15) is 0 Å². The van der Waals surface area contributed by atoms with Crippen LogP contribution in [0.3, 0.4) is 0 Å². The summed E-state index contributed by atoms with van der Waals surface area (Å²) in [4.78, 5) is 6.92. The standard InChI is InChI=1S/C16H27N3/c1-2-19(14-16-7-3-4-10-18-16)13-5-6-15-8-11-17-12-9-15/h3-4,7,10,15,17H,2,5-6,8-9,11-14H2,1H3. The number of nitrogens with zero attached hydrogens (tertiary/aromatic N) is 2. The SMILES string of the molecule is CCN(CCCC1CCNCC1)Cc1ccccn1. The largest absolute Gasteiger partial charge is 0.317 e. The molecule has 0 aromatic carbocycles. The van der Waals surface area contributed by atoms with E-state index in [1.807, 2.05) is 12.3 Å². The number of hydrogen-bond acceptors (Lipinski definition) is 3. The van der Waals surface area contributed by atoms with Crippen LogP contribution in [0.15, 0.2) is 24.4 Å². The molecule has 1 aliphatic rings. The molecule has 1 aliphatic heterocycles. The summed E-state index contributed by atoms with van der Waals surface area (Å²) in [6, 6.07) is 6.18. The third kappa shape index (κ3) is 5.29. The van der Waals surface area contributed by atoms with Crippen molar-refractivity contribution >= 4 is 0 Å². The van der Waals surface area contributed by atoms with Gasteiger partial charge in [-0.05, 0) is 69.9 Å². The summed E-state index contributed by atoms with van der Waals surface area (Å²) < 4.78 is 0. The first kappa shape index (κ1) is 14.5. The number of pyridine rings is 1. The number of aromatic nitrogens is 1. The molecule has 1 N–H and O–H groups in total. The molecule has 1 aromatic heterocycles. The zero-order chi connectivity index (χ0) is 13.3. The van der Waals surface area contributed by atoms with E-state index in [0.717, 1.165) is 19.0 Å². The van der Waals surface area contributed by atoms with E-state index < -0.39 is 0 Å². The normalized spacial score (nSPS) is 16.9. The summed E-state index contributed by atoms with van der Waals surface area (Å²) in [6.45, 7) is 7.99. The van der Waals surface area contributed by atoms with E-state index >= 15 is 0 Å². The topological polar surface area (TPSA) is 28.2 Å². The Morgan fingerprint density at radius 3 is 2.84 bits per heavy atom. The second-order valence-electron chi connectivity index (χ2n) is 5.53. The van der Waals surface area contributed by atoms with Gasteiger partial charge in [0.2, 0.25) is 0 Å². The Bertz CT molecular complexity index is 333. The van der Waals surface area contributed by atoms with Gasteiger partial charge in [-0.25, -0.2) is 0 Å². The molecule has 1 fully saturated rings. The summed E-state index contributed by atoms with van der Waals surface area (Å²) in [5.41, 5.74) is 1.19. The second-order valence-corrected chi connectivity index (χ2v) is 5.53. The van der Waals surface area contributed by atoms with E-state index in [0.29, 0.717) is 0 Å². The Morgan fingerprint density at radius 1 is 1.32 bits per heavy atom. The summed E-state index contributed by atoms with van der Waals surface area (Å²) in [6.07, 6.45) is 7.34. The molecule has 106 valence electrons. The second kappa shape index (κ2) is 8.28. The Labute approximate surface area is 117 Å². The monoisotopic (exact) mass is 261 g/mol. The molecule has 3 heteroatoms. The molecule has 2 heterocycles. The van der Waals surface area contributed by atoms with Crippen molar-refractivity contribution in [3.05, 3.63) is 30.1 Å². The van der Waals surface area contributed by atoms with Gasteiger partial charge < -0.3 is 5.32 Å². The van der Waals surface area contributed by atoms with Crippen molar-refractivity contribution < 1.29 is 0 Å². The van der Waals surface area contributed by atoms with E-state index in [-0.39, 0.29) is 0 Å². The highest BCUT2D eigenvalue weighted by Crippen LogP contribution is 2.18. The quantitative estimate of drug-likeness (QED) is 0.818. The molecule has 0 spiro atoms. The average molecular weight is 261 g/mol. The van der Waals surface area contributed by atoms with E-state index in [9.17, 15) is 0 Å². The Kier molecular flexibility index (Phi) is 6.31. The molecule has 0 amide bonds. The zero-order valence-electron chi connectivity index (χ0n) is 12.1. The molecule has 0 bridgehead atoms. The maximum Gasteiger partial charge on any atom is 0.0543 e. The van der Waals surface area contributed by atoms with Crippen LogP contribution in [0.2, 0.25) is 0 Å². The molecule has 0 atom stereocenters. The fraction of sp³-hybridized carbons (Fsp3) is 0.688. The zero-order valence-corrected chi connectivity index (χ0v) is 12.1. The van der Waals surface area contributed by atoms with Gasteiger partial charge >= 0.3 is 0 Å². The van der Waals surface area contributed by atoms with E-state index in [2.05, 4.69) is 34.3 Å². The first-order chi connectivity index (χ1) is 9.38. The lowest BCUT2D eigenvalue weighted by Gasteiger charge is -2.24. The third-order valence-electron chi connectivity index (χ3n) is 4.10. The number of rotatable bonds is 7. The summed E-state index contributed by atoms with van der Waals surface area (Å²) >= 11 is 0. The molecule has 0 unspecified atom stereocenters. The van der Waals surface area contributed by atoms with Crippen molar-refractivity contribution in [2.75, 3.05) is 26.2 Å².